The second-order valence-electron chi connectivity index (χ2n) is 2.26. The topological polar surface area (TPSA) is 32.6 Å². The summed E-state index contributed by atoms with van der Waals surface area (Å²) in [4.78, 5) is 3.68. The first-order valence-corrected chi connectivity index (χ1v) is 3.33. The van der Waals surface area contributed by atoms with Crippen molar-refractivity contribution >= 4 is 5.97 Å². The van der Waals surface area contributed by atoms with Crippen molar-refractivity contribution < 1.29 is 9.50 Å². The summed E-state index contributed by atoms with van der Waals surface area (Å²) in [5.74, 6) is -0.426. The van der Waals surface area contributed by atoms with Gasteiger partial charge in [-0.25, -0.2) is 0 Å². The first kappa shape index (κ1) is 7.41. The van der Waals surface area contributed by atoms with Gasteiger partial charge in [-0.2, -0.15) is 4.39 Å². The van der Waals surface area contributed by atoms with Gasteiger partial charge in [0.15, 0.2) is 0 Å². The van der Waals surface area contributed by atoms with Crippen LogP contribution in [0, 0.1) is 0 Å². The van der Waals surface area contributed by atoms with Gasteiger partial charge in [-0.15, -0.1) is 0 Å². The normalized spacial score (nSPS) is 24.6. The van der Waals surface area contributed by atoms with Gasteiger partial charge in [0, 0.05) is 6.61 Å². The Bertz CT molecular complexity index is 165. The number of aliphatic hydroxyl groups excluding tert-OH is 1. The van der Waals surface area contributed by atoms with Gasteiger partial charge in [0.2, 0.25) is 5.97 Å². The lowest BCUT2D eigenvalue weighted by atomic mass is 10.1. The van der Waals surface area contributed by atoms with E-state index in [1.165, 1.54) is 6.08 Å². The highest BCUT2D eigenvalue weighted by atomic mass is 19.1. The molecule has 3 heteroatoms. The van der Waals surface area contributed by atoms with Crippen LogP contribution in [0.4, 0.5) is 4.39 Å². The van der Waals surface area contributed by atoms with Crippen molar-refractivity contribution in [3.63, 3.8) is 0 Å². The monoisotopic (exact) mass is 143 g/mol. The third kappa shape index (κ3) is 1.92. The molecule has 1 aliphatic rings. The zero-order valence-electron chi connectivity index (χ0n) is 5.63. The van der Waals surface area contributed by atoms with E-state index in [1.54, 1.807) is 6.08 Å². The molecule has 0 aromatic heterocycles. The van der Waals surface area contributed by atoms with E-state index in [9.17, 15) is 4.39 Å². The lowest BCUT2D eigenvalue weighted by Crippen LogP contribution is -2.10. The Morgan fingerprint density at radius 2 is 2.60 bits per heavy atom. The molecule has 0 saturated heterocycles. The Balaban J connectivity index is 2.43. The molecule has 1 unspecified atom stereocenters. The summed E-state index contributed by atoms with van der Waals surface area (Å²) in [5, 5.41) is 8.49. The molecule has 0 bridgehead atoms. The molecule has 0 aliphatic carbocycles. The molecule has 0 fully saturated rings. The number of hydrogen-bond donors (Lipinski definition) is 1. The Labute approximate surface area is 59.1 Å². The number of hydrogen-bond acceptors (Lipinski definition) is 2. The van der Waals surface area contributed by atoms with E-state index in [0.717, 1.165) is 6.42 Å². The quantitative estimate of drug-likeness (QED) is 0.616. The molecule has 0 radical (unpaired) electrons. The molecular weight excluding hydrogens is 133 g/mol. The first-order valence-electron chi connectivity index (χ1n) is 3.33. The number of aliphatic imine (C=N–C) groups is 1. The minimum absolute atomic E-state index is 0.0463. The van der Waals surface area contributed by atoms with Gasteiger partial charge in [-0.3, -0.25) is 4.99 Å². The number of nitrogens with zero attached hydrogens (tertiary/aromatic N) is 1. The minimum Gasteiger partial charge on any atom is -0.396 e. The van der Waals surface area contributed by atoms with E-state index in [-0.39, 0.29) is 12.6 Å². The third-order valence-corrected chi connectivity index (χ3v) is 1.43. The predicted molar refractivity (Wildman–Crippen MR) is 37.8 cm³/mol. The van der Waals surface area contributed by atoms with Gasteiger partial charge in [-0.1, -0.05) is 6.08 Å². The van der Waals surface area contributed by atoms with Gasteiger partial charge in [0.05, 0.1) is 6.04 Å². The molecule has 1 aliphatic heterocycles. The Morgan fingerprint density at radius 1 is 1.80 bits per heavy atom. The van der Waals surface area contributed by atoms with E-state index in [0.29, 0.717) is 6.42 Å². The van der Waals surface area contributed by atoms with E-state index in [1.807, 2.05) is 0 Å². The second-order valence-corrected chi connectivity index (χ2v) is 2.26. The maximum atomic E-state index is 12.3. The lowest BCUT2D eigenvalue weighted by Gasteiger charge is -2.10. The summed E-state index contributed by atoms with van der Waals surface area (Å²) in [6.07, 6.45) is 4.39. The van der Waals surface area contributed by atoms with Crippen molar-refractivity contribution in [2.24, 2.45) is 4.99 Å². The van der Waals surface area contributed by atoms with E-state index < -0.39 is 5.97 Å². The molecule has 0 aromatic rings. The van der Waals surface area contributed by atoms with Crippen LogP contribution in [0.3, 0.4) is 0 Å². The number of halogens is 1. The summed E-state index contributed by atoms with van der Waals surface area (Å²) < 4.78 is 12.3. The molecule has 1 rings (SSSR count). The lowest BCUT2D eigenvalue weighted by molar-refractivity contribution is 0.276. The molecule has 2 nitrogen and oxygen atoms in total. The van der Waals surface area contributed by atoms with Gasteiger partial charge < -0.3 is 5.11 Å². The van der Waals surface area contributed by atoms with Crippen molar-refractivity contribution in [1.82, 2.24) is 0 Å². The SMILES string of the molecule is OCCC1CC=CC(F)=N1. The van der Waals surface area contributed by atoms with Crippen LogP contribution < -0.4 is 0 Å². The van der Waals surface area contributed by atoms with Crippen LogP contribution >= 0.6 is 0 Å². The van der Waals surface area contributed by atoms with Crippen LogP contribution in [0.25, 0.3) is 0 Å². The third-order valence-electron chi connectivity index (χ3n) is 1.43. The molecule has 0 spiro atoms. The molecule has 1 heterocycles. The van der Waals surface area contributed by atoms with E-state index >= 15 is 0 Å². The van der Waals surface area contributed by atoms with Crippen molar-refractivity contribution in [3.8, 4) is 0 Å². The zero-order chi connectivity index (χ0) is 7.40. The Kier molecular flexibility index (Phi) is 2.57. The molecule has 0 aromatic carbocycles. The van der Waals surface area contributed by atoms with Crippen LogP contribution in [-0.2, 0) is 0 Å². The molecule has 0 amide bonds. The fourth-order valence-corrected chi connectivity index (χ4v) is 0.924. The second kappa shape index (κ2) is 3.46. The van der Waals surface area contributed by atoms with Gasteiger partial charge >= 0.3 is 0 Å². The van der Waals surface area contributed by atoms with E-state index in [4.69, 9.17) is 5.11 Å². The average Bonchev–Trinajstić information content (AvgIpc) is 1.88. The highest BCUT2D eigenvalue weighted by Gasteiger charge is 2.08. The number of rotatable bonds is 2. The standard InChI is InChI=1S/C7H10FNO/c8-7-3-1-2-6(9-7)4-5-10/h1,3,6,10H,2,4-5H2. The van der Waals surface area contributed by atoms with Gasteiger partial charge in [0.1, 0.15) is 0 Å². The molecule has 1 N–H and O–H groups in total. The largest absolute Gasteiger partial charge is 0.396 e. The average molecular weight is 143 g/mol. The van der Waals surface area contributed by atoms with Crippen molar-refractivity contribution in [1.29, 1.82) is 0 Å². The van der Waals surface area contributed by atoms with Crippen molar-refractivity contribution in [2.45, 2.75) is 18.9 Å². The predicted octanol–water partition coefficient (Wildman–Crippen LogP) is 1.07. The summed E-state index contributed by atoms with van der Waals surface area (Å²) in [6, 6.07) is -0.0463. The smallest absolute Gasteiger partial charge is 0.208 e. The maximum absolute atomic E-state index is 12.3. The molecule has 1 atom stereocenters. The Morgan fingerprint density at radius 3 is 3.20 bits per heavy atom. The molecule has 0 saturated carbocycles. The maximum Gasteiger partial charge on any atom is 0.208 e. The molecule has 10 heavy (non-hydrogen) atoms. The summed E-state index contributed by atoms with van der Waals surface area (Å²) in [5.41, 5.74) is 0. The van der Waals surface area contributed by atoms with Crippen LogP contribution in [0.1, 0.15) is 12.8 Å². The van der Waals surface area contributed by atoms with Crippen molar-refractivity contribution in [2.75, 3.05) is 6.61 Å². The fourth-order valence-electron chi connectivity index (χ4n) is 0.924. The number of dihydropyridines is 1. The molecule has 56 valence electrons. The minimum atomic E-state index is -0.426. The molecular formula is C7H10FNO. The van der Waals surface area contributed by atoms with Gasteiger partial charge in [-0.05, 0) is 18.9 Å². The highest BCUT2D eigenvalue weighted by molar-refractivity contribution is 5.87. The Hall–Kier alpha value is -0.700. The van der Waals surface area contributed by atoms with Crippen molar-refractivity contribution in [3.05, 3.63) is 12.2 Å². The van der Waals surface area contributed by atoms with Crippen LogP contribution in [0.5, 0.6) is 0 Å². The van der Waals surface area contributed by atoms with Crippen LogP contribution in [0.15, 0.2) is 17.1 Å². The van der Waals surface area contributed by atoms with Crippen LogP contribution in [-0.4, -0.2) is 23.7 Å². The van der Waals surface area contributed by atoms with Crippen LogP contribution in [0.2, 0.25) is 0 Å². The van der Waals surface area contributed by atoms with Gasteiger partial charge in [0.25, 0.3) is 0 Å². The number of aliphatic hydroxyl groups is 1. The summed E-state index contributed by atoms with van der Waals surface area (Å²) in [6.45, 7) is 0.0787. The first-order chi connectivity index (χ1) is 4.83. The zero-order valence-corrected chi connectivity index (χ0v) is 5.63. The summed E-state index contributed by atoms with van der Waals surface area (Å²) in [7, 11) is 0. The summed E-state index contributed by atoms with van der Waals surface area (Å²) >= 11 is 0. The van der Waals surface area contributed by atoms with E-state index in [2.05, 4.69) is 4.99 Å². The number of allylic oxidation sites excluding steroid dienone is 1. The highest BCUT2D eigenvalue weighted by Crippen LogP contribution is 2.10. The fraction of sp³-hybridized carbons (Fsp3) is 0.571.